The number of likely N-dealkylation sites (N-methyl/N-ethyl adjacent to an activating group) is 2. The largest absolute Gasteiger partial charge is 0.496 e. The molecule has 112 valence electrons. The van der Waals surface area contributed by atoms with E-state index in [-0.39, 0.29) is 6.10 Å². The number of aryl methyl sites for hydroxylation is 1. The lowest BCUT2D eigenvalue weighted by Crippen LogP contribution is -2.48. The van der Waals surface area contributed by atoms with E-state index in [0.717, 1.165) is 32.0 Å². The summed E-state index contributed by atoms with van der Waals surface area (Å²) < 4.78 is 11.3. The van der Waals surface area contributed by atoms with Gasteiger partial charge in [-0.15, -0.1) is 0 Å². The van der Waals surface area contributed by atoms with Gasteiger partial charge in [0.05, 0.1) is 25.9 Å². The zero-order chi connectivity index (χ0) is 14.5. The summed E-state index contributed by atoms with van der Waals surface area (Å²) in [4.78, 5) is 2.49. The first-order chi connectivity index (χ1) is 9.71. The highest BCUT2D eigenvalue weighted by Gasteiger charge is 2.32. The molecular weight excluding hydrogens is 252 g/mol. The van der Waals surface area contributed by atoms with Crippen molar-refractivity contribution in [3.05, 3.63) is 29.3 Å². The van der Waals surface area contributed by atoms with E-state index in [1.807, 2.05) is 7.05 Å². The van der Waals surface area contributed by atoms with Gasteiger partial charge in [0.25, 0.3) is 0 Å². The van der Waals surface area contributed by atoms with Crippen molar-refractivity contribution in [1.82, 2.24) is 10.2 Å². The van der Waals surface area contributed by atoms with E-state index in [4.69, 9.17) is 9.47 Å². The molecule has 1 heterocycles. The Bertz CT molecular complexity index is 434. The minimum atomic E-state index is 0.196. The molecular formula is C16H26N2O2. The summed E-state index contributed by atoms with van der Waals surface area (Å²) in [5, 5.41) is 3.24. The number of hydrogen-bond acceptors (Lipinski definition) is 4. The zero-order valence-corrected chi connectivity index (χ0v) is 13.0. The Hall–Kier alpha value is -1.10. The molecule has 0 radical (unpaired) electrons. The molecule has 4 heteroatoms. The molecule has 0 aliphatic carbocycles. The zero-order valence-electron chi connectivity index (χ0n) is 13.0. The Labute approximate surface area is 122 Å². The van der Waals surface area contributed by atoms with Gasteiger partial charge in [-0.3, -0.25) is 4.90 Å². The number of ether oxygens (including phenoxy) is 2. The third kappa shape index (κ3) is 3.14. The quantitative estimate of drug-likeness (QED) is 0.893. The van der Waals surface area contributed by atoms with Crippen LogP contribution in [0.2, 0.25) is 0 Å². The lowest BCUT2D eigenvalue weighted by molar-refractivity contribution is -0.0686. The molecule has 1 aromatic carbocycles. The lowest BCUT2D eigenvalue weighted by Gasteiger charge is -2.41. The van der Waals surface area contributed by atoms with Gasteiger partial charge in [-0.2, -0.15) is 0 Å². The fourth-order valence-corrected chi connectivity index (χ4v) is 3.02. The molecule has 0 spiro atoms. The molecule has 1 aliphatic rings. The maximum atomic E-state index is 5.98. The van der Waals surface area contributed by atoms with Crippen LogP contribution in [0.5, 0.6) is 5.75 Å². The van der Waals surface area contributed by atoms with Crippen LogP contribution in [0, 0.1) is 6.92 Å². The van der Waals surface area contributed by atoms with Gasteiger partial charge in [0.15, 0.2) is 0 Å². The van der Waals surface area contributed by atoms with E-state index in [9.17, 15) is 0 Å². The summed E-state index contributed by atoms with van der Waals surface area (Å²) in [5.74, 6) is 0.943. The minimum absolute atomic E-state index is 0.196. The predicted octanol–water partition coefficient (Wildman–Crippen LogP) is 1.98. The van der Waals surface area contributed by atoms with Crippen LogP contribution < -0.4 is 10.1 Å². The molecule has 0 aromatic heterocycles. The first-order valence-corrected chi connectivity index (χ1v) is 7.36. The van der Waals surface area contributed by atoms with Gasteiger partial charge in [0.1, 0.15) is 5.75 Å². The molecule has 1 aromatic rings. The monoisotopic (exact) mass is 278 g/mol. The van der Waals surface area contributed by atoms with Crippen LogP contribution in [0.1, 0.15) is 24.1 Å². The molecule has 2 rings (SSSR count). The van der Waals surface area contributed by atoms with E-state index in [1.165, 1.54) is 11.1 Å². The molecule has 0 bridgehead atoms. The van der Waals surface area contributed by atoms with Gasteiger partial charge in [-0.25, -0.2) is 0 Å². The van der Waals surface area contributed by atoms with Crippen molar-refractivity contribution < 1.29 is 9.47 Å². The highest BCUT2D eigenvalue weighted by atomic mass is 16.5. The van der Waals surface area contributed by atoms with Gasteiger partial charge in [0.2, 0.25) is 0 Å². The van der Waals surface area contributed by atoms with Crippen LogP contribution in [0.15, 0.2) is 18.2 Å². The minimum Gasteiger partial charge on any atom is -0.496 e. The topological polar surface area (TPSA) is 33.7 Å². The average Bonchev–Trinajstić information content (AvgIpc) is 2.47. The Kier molecular flexibility index (Phi) is 5.40. The van der Waals surface area contributed by atoms with Crippen molar-refractivity contribution in [3.63, 3.8) is 0 Å². The van der Waals surface area contributed by atoms with Crippen LogP contribution in [-0.2, 0) is 4.74 Å². The second kappa shape index (κ2) is 7.07. The van der Waals surface area contributed by atoms with Gasteiger partial charge in [0, 0.05) is 13.1 Å². The van der Waals surface area contributed by atoms with Gasteiger partial charge >= 0.3 is 0 Å². The molecule has 0 saturated carbocycles. The predicted molar refractivity (Wildman–Crippen MR) is 81.4 cm³/mol. The van der Waals surface area contributed by atoms with Crippen LogP contribution in [0.4, 0.5) is 0 Å². The fourth-order valence-electron chi connectivity index (χ4n) is 3.02. The Morgan fingerprint density at radius 2 is 2.25 bits per heavy atom. The molecule has 1 fully saturated rings. The number of hydrogen-bond donors (Lipinski definition) is 1. The molecule has 1 saturated heterocycles. The van der Waals surface area contributed by atoms with Crippen LogP contribution in [-0.4, -0.2) is 51.4 Å². The second-order valence-electron chi connectivity index (χ2n) is 5.27. The highest BCUT2D eigenvalue weighted by Crippen LogP contribution is 2.31. The van der Waals surface area contributed by atoms with Gasteiger partial charge in [-0.05, 0) is 37.7 Å². The number of benzene rings is 1. The maximum Gasteiger partial charge on any atom is 0.121 e. The second-order valence-corrected chi connectivity index (χ2v) is 5.27. The molecule has 1 N–H and O–H groups in total. The lowest BCUT2D eigenvalue weighted by atomic mass is 9.96. The number of nitrogens with zero attached hydrogens (tertiary/aromatic N) is 1. The van der Waals surface area contributed by atoms with Crippen molar-refractivity contribution in [2.45, 2.75) is 26.0 Å². The van der Waals surface area contributed by atoms with Crippen LogP contribution in [0.25, 0.3) is 0 Å². The van der Waals surface area contributed by atoms with Crippen molar-refractivity contribution in [1.29, 1.82) is 0 Å². The maximum absolute atomic E-state index is 5.98. The van der Waals surface area contributed by atoms with E-state index in [0.29, 0.717) is 6.04 Å². The van der Waals surface area contributed by atoms with Crippen LogP contribution in [0.3, 0.4) is 0 Å². The molecule has 4 nitrogen and oxygen atoms in total. The van der Waals surface area contributed by atoms with E-state index >= 15 is 0 Å². The number of methoxy groups -OCH3 is 1. The summed E-state index contributed by atoms with van der Waals surface area (Å²) in [5.41, 5.74) is 2.49. The number of nitrogens with one attached hydrogen (secondary N) is 1. The number of morpholine rings is 1. The molecule has 2 unspecified atom stereocenters. The van der Waals surface area contributed by atoms with E-state index in [2.05, 4.69) is 42.3 Å². The Morgan fingerprint density at radius 1 is 1.45 bits per heavy atom. The van der Waals surface area contributed by atoms with E-state index < -0.39 is 0 Å². The summed E-state index contributed by atoms with van der Waals surface area (Å²) in [6.45, 7) is 8.02. The first-order valence-electron chi connectivity index (χ1n) is 7.36. The average molecular weight is 278 g/mol. The fraction of sp³-hybridized carbons (Fsp3) is 0.625. The smallest absolute Gasteiger partial charge is 0.121 e. The van der Waals surface area contributed by atoms with Gasteiger partial charge < -0.3 is 14.8 Å². The van der Waals surface area contributed by atoms with Crippen LogP contribution >= 0.6 is 0 Å². The molecule has 0 amide bonds. The summed E-state index contributed by atoms with van der Waals surface area (Å²) >= 11 is 0. The SMILES string of the molecule is CCN1CCOC(CNC)C1c1ccc(OC)c(C)c1. The van der Waals surface area contributed by atoms with Gasteiger partial charge in [-0.1, -0.05) is 19.1 Å². The number of rotatable bonds is 5. The Morgan fingerprint density at radius 3 is 2.85 bits per heavy atom. The molecule has 2 atom stereocenters. The third-order valence-corrected chi connectivity index (χ3v) is 4.03. The Balaban J connectivity index is 2.30. The van der Waals surface area contributed by atoms with Crippen molar-refractivity contribution in [2.75, 3.05) is 40.4 Å². The van der Waals surface area contributed by atoms with E-state index in [1.54, 1.807) is 7.11 Å². The summed E-state index contributed by atoms with van der Waals surface area (Å²) in [6.07, 6.45) is 0.196. The van der Waals surface area contributed by atoms with Crippen molar-refractivity contribution >= 4 is 0 Å². The highest BCUT2D eigenvalue weighted by molar-refractivity contribution is 5.38. The summed E-state index contributed by atoms with van der Waals surface area (Å²) in [6, 6.07) is 6.76. The summed E-state index contributed by atoms with van der Waals surface area (Å²) in [7, 11) is 3.69. The normalized spacial score (nSPS) is 23.8. The first kappa shape index (κ1) is 15.3. The van der Waals surface area contributed by atoms with Crippen molar-refractivity contribution in [2.24, 2.45) is 0 Å². The van der Waals surface area contributed by atoms with Crippen molar-refractivity contribution in [3.8, 4) is 5.75 Å². The third-order valence-electron chi connectivity index (χ3n) is 4.03. The standard InChI is InChI=1S/C16H26N2O2/c1-5-18-8-9-20-15(11-17-3)16(18)13-6-7-14(19-4)12(2)10-13/h6-7,10,15-17H,5,8-9,11H2,1-4H3. The molecule has 20 heavy (non-hydrogen) atoms. The molecule has 1 aliphatic heterocycles.